The van der Waals surface area contributed by atoms with Crippen molar-refractivity contribution in [3.63, 3.8) is 0 Å². The summed E-state index contributed by atoms with van der Waals surface area (Å²) in [6.45, 7) is 1.44. The van der Waals surface area contributed by atoms with Crippen LogP contribution in [0.4, 0.5) is 11.6 Å². The number of anilines is 1. The van der Waals surface area contributed by atoms with E-state index in [4.69, 9.17) is 9.15 Å². The zero-order valence-electron chi connectivity index (χ0n) is 12.7. The number of amides is 1. The van der Waals surface area contributed by atoms with Gasteiger partial charge >= 0.3 is 11.9 Å². The molecule has 2 rings (SSSR count). The maximum atomic E-state index is 11.7. The topological polar surface area (TPSA) is 112 Å². The smallest absolute Gasteiger partial charge is 0.433 e. The molecule has 124 valence electrons. The molecule has 0 spiro atoms. The number of aryl methyl sites for hydroxylation is 1. The number of hydrogen-bond donors (Lipinski definition) is 1. The molecular formula is C16H14N2O6. The third kappa shape index (κ3) is 5.09. The number of nitrogens with zero attached hydrogens (tertiary/aromatic N) is 1. The second-order valence-electron chi connectivity index (χ2n) is 4.79. The van der Waals surface area contributed by atoms with E-state index in [0.717, 1.165) is 11.6 Å². The summed E-state index contributed by atoms with van der Waals surface area (Å²) in [5.41, 5.74) is 1.59. The molecule has 24 heavy (non-hydrogen) atoms. The van der Waals surface area contributed by atoms with Crippen LogP contribution in [0.2, 0.25) is 0 Å². The number of benzene rings is 1. The van der Waals surface area contributed by atoms with Crippen LogP contribution in [0, 0.1) is 17.0 Å². The van der Waals surface area contributed by atoms with Crippen LogP contribution in [0.5, 0.6) is 0 Å². The van der Waals surface area contributed by atoms with Crippen molar-refractivity contribution < 1.29 is 23.7 Å². The van der Waals surface area contributed by atoms with Gasteiger partial charge in [0.15, 0.2) is 6.61 Å². The number of carbonyl (C=O) groups is 2. The Morgan fingerprint density at radius 2 is 2.12 bits per heavy atom. The lowest BCUT2D eigenvalue weighted by Gasteiger charge is -2.05. The van der Waals surface area contributed by atoms with Gasteiger partial charge in [-0.1, -0.05) is 12.1 Å². The molecule has 1 N–H and O–H groups in total. The van der Waals surface area contributed by atoms with Crippen LogP contribution >= 0.6 is 0 Å². The molecular weight excluding hydrogens is 316 g/mol. The number of ether oxygens (including phenoxy) is 1. The first-order valence-corrected chi connectivity index (χ1v) is 6.89. The molecule has 8 nitrogen and oxygen atoms in total. The standard InChI is InChI=1S/C16H14N2O6/c1-11-3-2-4-12(9-11)17-14(19)10-23-16(20)8-6-13-5-7-15(24-13)18(21)22/h2-9H,10H2,1H3,(H,17,19)/b8-6+. The predicted molar refractivity (Wildman–Crippen MR) is 85.2 cm³/mol. The fourth-order valence-electron chi connectivity index (χ4n) is 1.78. The van der Waals surface area contributed by atoms with Crippen LogP contribution in [0.1, 0.15) is 11.3 Å². The first-order valence-electron chi connectivity index (χ1n) is 6.89. The van der Waals surface area contributed by atoms with E-state index in [1.807, 2.05) is 13.0 Å². The minimum Gasteiger partial charge on any atom is -0.452 e. The van der Waals surface area contributed by atoms with E-state index in [-0.39, 0.29) is 5.76 Å². The van der Waals surface area contributed by atoms with Crippen LogP contribution in [0.15, 0.2) is 46.9 Å². The number of hydrogen-bond acceptors (Lipinski definition) is 6. The summed E-state index contributed by atoms with van der Waals surface area (Å²) in [7, 11) is 0. The maximum absolute atomic E-state index is 11.7. The van der Waals surface area contributed by atoms with Crippen molar-refractivity contribution >= 4 is 29.5 Å². The van der Waals surface area contributed by atoms with Crippen LogP contribution in [-0.4, -0.2) is 23.4 Å². The monoisotopic (exact) mass is 330 g/mol. The molecule has 0 atom stereocenters. The zero-order chi connectivity index (χ0) is 17.5. The minimum atomic E-state index is -0.770. The van der Waals surface area contributed by atoms with Gasteiger partial charge in [0, 0.05) is 11.8 Å². The van der Waals surface area contributed by atoms with Crippen LogP contribution < -0.4 is 5.32 Å². The van der Waals surface area contributed by atoms with Gasteiger partial charge in [-0.25, -0.2) is 4.79 Å². The number of nitro groups is 1. The van der Waals surface area contributed by atoms with Crippen LogP contribution in [0.25, 0.3) is 6.08 Å². The SMILES string of the molecule is Cc1cccc(NC(=O)COC(=O)/C=C/c2ccc([N+](=O)[O-])o2)c1. The molecule has 8 heteroatoms. The normalized spacial score (nSPS) is 10.5. The van der Waals surface area contributed by atoms with E-state index in [1.54, 1.807) is 18.2 Å². The molecule has 0 aliphatic rings. The van der Waals surface area contributed by atoms with Crippen molar-refractivity contribution in [2.75, 3.05) is 11.9 Å². The summed E-state index contributed by atoms with van der Waals surface area (Å²) in [5.74, 6) is -1.55. The maximum Gasteiger partial charge on any atom is 0.433 e. The predicted octanol–water partition coefficient (Wildman–Crippen LogP) is 2.69. The lowest BCUT2D eigenvalue weighted by atomic mass is 10.2. The molecule has 0 bridgehead atoms. The first kappa shape index (κ1) is 16.9. The van der Waals surface area contributed by atoms with Crippen molar-refractivity contribution in [1.29, 1.82) is 0 Å². The minimum absolute atomic E-state index is 0.128. The van der Waals surface area contributed by atoms with E-state index in [0.29, 0.717) is 5.69 Å². The summed E-state index contributed by atoms with van der Waals surface area (Å²) in [6.07, 6.45) is 2.23. The average molecular weight is 330 g/mol. The van der Waals surface area contributed by atoms with Gasteiger partial charge in [0.05, 0.1) is 6.07 Å². The van der Waals surface area contributed by atoms with Crippen molar-refractivity contribution in [2.24, 2.45) is 0 Å². The van der Waals surface area contributed by atoms with Crippen molar-refractivity contribution in [1.82, 2.24) is 0 Å². The van der Waals surface area contributed by atoms with E-state index in [9.17, 15) is 19.7 Å². The number of rotatable bonds is 6. The second-order valence-corrected chi connectivity index (χ2v) is 4.79. The van der Waals surface area contributed by atoms with Crippen molar-refractivity contribution in [3.05, 3.63) is 63.9 Å². The Balaban J connectivity index is 1.80. The summed E-state index contributed by atoms with van der Waals surface area (Å²) in [4.78, 5) is 32.9. The van der Waals surface area contributed by atoms with E-state index < -0.39 is 29.3 Å². The average Bonchev–Trinajstić information content (AvgIpc) is 3.00. The van der Waals surface area contributed by atoms with Gasteiger partial charge in [0.1, 0.15) is 10.7 Å². The van der Waals surface area contributed by atoms with E-state index >= 15 is 0 Å². The molecule has 0 unspecified atom stereocenters. The Morgan fingerprint density at radius 1 is 1.33 bits per heavy atom. The second kappa shape index (κ2) is 7.73. The third-order valence-electron chi connectivity index (χ3n) is 2.82. The third-order valence-corrected chi connectivity index (χ3v) is 2.82. The van der Waals surface area contributed by atoms with Gasteiger partial charge in [0.2, 0.25) is 0 Å². The van der Waals surface area contributed by atoms with Crippen molar-refractivity contribution in [3.8, 4) is 0 Å². The molecule has 0 aliphatic carbocycles. The molecule has 0 saturated heterocycles. The molecule has 2 aromatic rings. The van der Waals surface area contributed by atoms with Gasteiger partial charge in [-0.15, -0.1) is 0 Å². The molecule has 0 saturated carbocycles. The first-order chi connectivity index (χ1) is 11.4. The molecule has 1 aromatic heterocycles. The van der Waals surface area contributed by atoms with Crippen molar-refractivity contribution in [2.45, 2.75) is 6.92 Å². The highest BCUT2D eigenvalue weighted by molar-refractivity contribution is 5.94. The summed E-state index contributed by atoms with van der Waals surface area (Å²) in [6, 6.07) is 9.69. The highest BCUT2D eigenvalue weighted by Crippen LogP contribution is 2.16. The molecule has 0 aliphatic heterocycles. The van der Waals surface area contributed by atoms with Crippen LogP contribution in [-0.2, 0) is 14.3 Å². The summed E-state index contributed by atoms with van der Waals surface area (Å²) >= 11 is 0. The summed E-state index contributed by atoms with van der Waals surface area (Å²) in [5, 5.41) is 13.0. The quantitative estimate of drug-likeness (QED) is 0.377. The number of nitrogens with one attached hydrogen (secondary N) is 1. The number of furan rings is 1. The molecule has 1 amide bonds. The Bertz CT molecular complexity index is 793. The van der Waals surface area contributed by atoms with E-state index in [2.05, 4.69) is 5.32 Å². The van der Waals surface area contributed by atoms with Crippen LogP contribution in [0.3, 0.4) is 0 Å². The van der Waals surface area contributed by atoms with Gasteiger partial charge in [-0.05, 0) is 36.8 Å². The Kier molecular flexibility index (Phi) is 5.45. The lowest BCUT2D eigenvalue weighted by Crippen LogP contribution is -2.20. The zero-order valence-corrected chi connectivity index (χ0v) is 12.7. The highest BCUT2D eigenvalue weighted by atomic mass is 16.6. The molecule has 1 aromatic carbocycles. The molecule has 0 radical (unpaired) electrons. The van der Waals surface area contributed by atoms with E-state index in [1.165, 1.54) is 18.2 Å². The highest BCUT2D eigenvalue weighted by Gasteiger charge is 2.10. The van der Waals surface area contributed by atoms with Gasteiger partial charge in [-0.2, -0.15) is 0 Å². The summed E-state index contributed by atoms with van der Waals surface area (Å²) < 4.78 is 9.61. The fraction of sp³-hybridized carbons (Fsp3) is 0.125. The largest absolute Gasteiger partial charge is 0.452 e. The lowest BCUT2D eigenvalue weighted by molar-refractivity contribution is -0.402. The van der Waals surface area contributed by atoms with Gasteiger partial charge in [-0.3, -0.25) is 14.9 Å². The molecule has 0 fully saturated rings. The van der Waals surface area contributed by atoms with Gasteiger partial charge in [0.25, 0.3) is 5.91 Å². The number of carbonyl (C=O) groups excluding carboxylic acids is 2. The Hall–Kier alpha value is -3.42. The number of esters is 1. The molecule has 1 heterocycles. The Morgan fingerprint density at radius 3 is 2.79 bits per heavy atom. The fourth-order valence-corrected chi connectivity index (χ4v) is 1.78. The van der Waals surface area contributed by atoms with Gasteiger partial charge < -0.3 is 14.5 Å². The Labute approximate surface area is 136 Å².